The molecule has 19 heavy (non-hydrogen) atoms. The minimum Gasteiger partial charge on any atom is -0.384 e. The van der Waals surface area contributed by atoms with Gasteiger partial charge in [-0.1, -0.05) is 0 Å². The summed E-state index contributed by atoms with van der Waals surface area (Å²) in [5.74, 6) is -0.388. The number of hydrogen-bond acceptors (Lipinski definition) is 4. The van der Waals surface area contributed by atoms with Gasteiger partial charge >= 0.3 is 0 Å². The fourth-order valence-corrected chi connectivity index (χ4v) is 2.45. The summed E-state index contributed by atoms with van der Waals surface area (Å²) >= 11 is 0. The van der Waals surface area contributed by atoms with Gasteiger partial charge in [-0.05, 0) is 0 Å². The molecule has 2 rings (SSSR count). The number of nitrogens with zero attached hydrogens (tertiary/aromatic N) is 2. The van der Waals surface area contributed by atoms with Gasteiger partial charge in [-0.25, -0.2) is 4.98 Å². The summed E-state index contributed by atoms with van der Waals surface area (Å²) in [4.78, 5) is 32.3. The number of imidazole rings is 1. The maximum absolute atomic E-state index is 12.2. The minimum absolute atomic E-state index is 0.0248. The standard InChI is InChI=1S/C12H18N4O3/c1-13-11(17)9-5-16(4-8(9)6-19-2)12(18)10-3-14-7-15-10/h3,7-9H,4-6H2,1-2H3,(H,13,17)(H,14,15)/t8-,9+/m0/s1. The van der Waals surface area contributed by atoms with Crippen LogP contribution in [0.25, 0.3) is 0 Å². The Morgan fingerprint density at radius 2 is 2.37 bits per heavy atom. The van der Waals surface area contributed by atoms with Gasteiger partial charge in [0.2, 0.25) is 5.91 Å². The maximum atomic E-state index is 12.2. The van der Waals surface area contributed by atoms with Crippen LogP contribution in [0, 0.1) is 11.8 Å². The second-order valence-corrected chi connectivity index (χ2v) is 4.61. The molecule has 1 aromatic rings. The van der Waals surface area contributed by atoms with E-state index in [-0.39, 0.29) is 23.7 Å². The van der Waals surface area contributed by atoms with Crippen LogP contribution in [-0.4, -0.2) is 60.5 Å². The summed E-state index contributed by atoms with van der Waals surface area (Å²) in [5.41, 5.74) is 0.439. The van der Waals surface area contributed by atoms with Crippen molar-refractivity contribution in [2.24, 2.45) is 11.8 Å². The Morgan fingerprint density at radius 1 is 1.58 bits per heavy atom. The lowest BCUT2D eigenvalue weighted by molar-refractivity contribution is -0.125. The monoisotopic (exact) mass is 266 g/mol. The van der Waals surface area contributed by atoms with Crippen molar-refractivity contribution in [3.8, 4) is 0 Å². The highest BCUT2D eigenvalue weighted by Crippen LogP contribution is 2.25. The second-order valence-electron chi connectivity index (χ2n) is 4.61. The molecule has 1 saturated heterocycles. The Kier molecular flexibility index (Phi) is 4.16. The minimum atomic E-state index is -0.225. The number of aromatic nitrogens is 2. The summed E-state index contributed by atoms with van der Waals surface area (Å²) in [6.45, 7) is 1.39. The SMILES string of the molecule is CNC(=O)[C@@H]1CN(C(=O)c2cnc[nH]2)C[C@H]1COC. The molecule has 0 spiro atoms. The van der Waals surface area contributed by atoms with Crippen molar-refractivity contribution in [2.45, 2.75) is 0 Å². The first-order valence-corrected chi connectivity index (χ1v) is 6.15. The number of ether oxygens (including phenoxy) is 1. The number of amides is 2. The molecule has 2 atom stereocenters. The van der Waals surface area contributed by atoms with Crippen molar-refractivity contribution in [3.63, 3.8) is 0 Å². The third-order valence-corrected chi connectivity index (χ3v) is 3.42. The van der Waals surface area contributed by atoms with E-state index in [2.05, 4.69) is 15.3 Å². The smallest absolute Gasteiger partial charge is 0.271 e. The quantitative estimate of drug-likeness (QED) is 0.768. The summed E-state index contributed by atoms with van der Waals surface area (Å²) in [6, 6.07) is 0. The zero-order chi connectivity index (χ0) is 13.8. The van der Waals surface area contributed by atoms with E-state index in [0.717, 1.165) is 0 Å². The first-order chi connectivity index (χ1) is 9.17. The summed E-state index contributed by atoms with van der Waals surface area (Å²) in [6.07, 6.45) is 2.95. The molecule has 0 saturated carbocycles. The van der Waals surface area contributed by atoms with Crippen LogP contribution in [0.1, 0.15) is 10.5 Å². The number of rotatable bonds is 4. The van der Waals surface area contributed by atoms with Crippen LogP contribution in [0.4, 0.5) is 0 Å². The molecular formula is C12H18N4O3. The molecule has 0 unspecified atom stereocenters. The van der Waals surface area contributed by atoms with Crippen LogP contribution in [-0.2, 0) is 9.53 Å². The lowest BCUT2D eigenvalue weighted by atomic mass is 9.96. The second kappa shape index (κ2) is 5.83. The Hall–Kier alpha value is -1.89. The Bertz CT molecular complexity index is 446. The molecule has 104 valence electrons. The third kappa shape index (κ3) is 2.76. The first kappa shape index (κ1) is 13.5. The van der Waals surface area contributed by atoms with E-state index in [4.69, 9.17) is 4.74 Å². The van der Waals surface area contributed by atoms with Crippen molar-refractivity contribution < 1.29 is 14.3 Å². The Labute approximate surface area is 111 Å². The van der Waals surface area contributed by atoms with Gasteiger partial charge in [0.1, 0.15) is 5.69 Å². The molecule has 2 amide bonds. The molecule has 0 radical (unpaired) electrons. The van der Waals surface area contributed by atoms with Crippen molar-refractivity contribution in [2.75, 3.05) is 33.9 Å². The van der Waals surface area contributed by atoms with Crippen molar-refractivity contribution in [3.05, 3.63) is 18.2 Å². The molecular weight excluding hydrogens is 248 g/mol. The molecule has 7 heteroatoms. The van der Waals surface area contributed by atoms with Crippen LogP contribution in [0.5, 0.6) is 0 Å². The lowest BCUT2D eigenvalue weighted by Gasteiger charge is -2.14. The average molecular weight is 266 g/mol. The van der Waals surface area contributed by atoms with Crippen LogP contribution in [0.15, 0.2) is 12.5 Å². The number of carbonyl (C=O) groups excluding carboxylic acids is 2. The van der Waals surface area contributed by atoms with Gasteiger partial charge in [0, 0.05) is 33.2 Å². The number of methoxy groups -OCH3 is 1. The number of carbonyl (C=O) groups is 2. The zero-order valence-corrected chi connectivity index (χ0v) is 11.0. The molecule has 1 aliphatic rings. The van der Waals surface area contributed by atoms with Crippen LogP contribution in [0.3, 0.4) is 0 Å². The molecule has 1 fully saturated rings. The van der Waals surface area contributed by atoms with E-state index in [1.807, 2.05) is 0 Å². The predicted molar refractivity (Wildman–Crippen MR) is 67.4 cm³/mol. The lowest BCUT2D eigenvalue weighted by Crippen LogP contribution is -2.34. The average Bonchev–Trinajstić information content (AvgIpc) is 3.07. The molecule has 1 aliphatic heterocycles. The summed E-state index contributed by atoms with van der Waals surface area (Å²) in [5, 5.41) is 2.64. The normalized spacial score (nSPS) is 22.5. The van der Waals surface area contributed by atoms with Gasteiger partial charge in [0.15, 0.2) is 0 Å². The Morgan fingerprint density at radius 3 is 2.95 bits per heavy atom. The first-order valence-electron chi connectivity index (χ1n) is 6.15. The fourth-order valence-electron chi connectivity index (χ4n) is 2.45. The van der Waals surface area contributed by atoms with E-state index in [1.165, 1.54) is 12.5 Å². The molecule has 0 aliphatic carbocycles. The van der Waals surface area contributed by atoms with Crippen LogP contribution < -0.4 is 5.32 Å². The molecule has 2 N–H and O–H groups in total. The molecule has 0 bridgehead atoms. The van der Waals surface area contributed by atoms with E-state index in [1.54, 1.807) is 19.1 Å². The van der Waals surface area contributed by atoms with Gasteiger partial charge in [0.25, 0.3) is 5.91 Å². The number of H-pyrrole nitrogens is 1. The molecule has 7 nitrogen and oxygen atoms in total. The van der Waals surface area contributed by atoms with Crippen LogP contribution in [0.2, 0.25) is 0 Å². The zero-order valence-electron chi connectivity index (χ0n) is 11.0. The van der Waals surface area contributed by atoms with Gasteiger partial charge < -0.3 is 19.9 Å². The van der Waals surface area contributed by atoms with Gasteiger partial charge in [0.05, 0.1) is 25.0 Å². The van der Waals surface area contributed by atoms with E-state index in [0.29, 0.717) is 25.4 Å². The number of aromatic amines is 1. The van der Waals surface area contributed by atoms with Gasteiger partial charge in [-0.2, -0.15) is 0 Å². The van der Waals surface area contributed by atoms with Gasteiger partial charge in [-0.3, -0.25) is 9.59 Å². The highest BCUT2D eigenvalue weighted by atomic mass is 16.5. The Balaban J connectivity index is 2.09. The number of nitrogens with one attached hydrogen (secondary N) is 2. The van der Waals surface area contributed by atoms with Crippen molar-refractivity contribution in [1.82, 2.24) is 20.2 Å². The topological polar surface area (TPSA) is 87.3 Å². The van der Waals surface area contributed by atoms with E-state index in [9.17, 15) is 9.59 Å². The number of likely N-dealkylation sites (tertiary alicyclic amines) is 1. The molecule has 1 aromatic heterocycles. The fraction of sp³-hybridized carbons (Fsp3) is 0.583. The summed E-state index contributed by atoms with van der Waals surface area (Å²) in [7, 11) is 3.20. The summed E-state index contributed by atoms with van der Waals surface area (Å²) < 4.78 is 5.13. The van der Waals surface area contributed by atoms with Crippen molar-refractivity contribution >= 4 is 11.8 Å². The van der Waals surface area contributed by atoms with Crippen LogP contribution >= 0.6 is 0 Å². The van der Waals surface area contributed by atoms with Gasteiger partial charge in [-0.15, -0.1) is 0 Å². The maximum Gasteiger partial charge on any atom is 0.271 e. The third-order valence-electron chi connectivity index (χ3n) is 3.42. The highest BCUT2D eigenvalue weighted by Gasteiger charge is 2.39. The van der Waals surface area contributed by atoms with E-state index < -0.39 is 0 Å². The number of hydrogen-bond donors (Lipinski definition) is 2. The largest absolute Gasteiger partial charge is 0.384 e. The molecule has 0 aromatic carbocycles. The highest BCUT2D eigenvalue weighted by molar-refractivity contribution is 5.93. The molecule has 2 heterocycles. The van der Waals surface area contributed by atoms with E-state index >= 15 is 0 Å². The van der Waals surface area contributed by atoms with Crippen molar-refractivity contribution in [1.29, 1.82) is 0 Å². The predicted octanol–water partition coefficient (Wildman–Crippen LogP) is -0.510.